The van der Waals surface area contributed by atoms with Gasteiger partial charge in [-0.3, -0.25) is 24.4 Å². The van der Waals surface area contributed by atoms with E-state index >= 15 is 0 Å². The second kappa shape index (κ2) is 16.6. The summed E-state index contributed by atoms with van der Waals surface area (Å²) < 4.78 is 4.62. The first kappa shape index (κ1) is 29.3. The maximum Gasteiger partial charge on any atom is 0.305 e. The van der Waals surface area contributed by atoms with Crippen LogP contribution in [-0.2, 0) is 30.5 Å². The van der Waals surface area contributed by atoms with Crippen LogP contribution in [0, 0.1) is 0 Å². The Bertz CT molecular complexity index is 1040. The molecule has 0 aromatic heterocycles. The highest BCUT2D eigenvalue weighted by Gasteiger charge is 2.21. The first-order valence-electron chi connectivity index (χ1n) is 12.3. The molecule has 0 spiro atoms. The van der Waals surface area contributed by atoms with Crippen LogP contribution in [-0.4, -0.2) is 42.6 Å². The number of carbonyl (C=O) groups is 4. The number of benzene rings is 2. The average molecular weight is 510 g/mol. The van der Waals surface area contributed by atoms with Crippen molar-refractivity contribution in [1.29, 1.82) is 0 Å². The minimum atomic E-state index is -0.645. The molecule has 0 saturated heterocycles. The van der Waals surface area contributed by atoms with Gasteiger partial charge in [-0.05, 0) is 35.6 Å². The number of nitrogens with one attached hydrogen (secondary N) is 3. The van der Waals surface area contributed by atoms with Gasteiger partial charge in [0.05, 0.1) is 13.0 Å². The Hall–Kier alpha value is -3.98. The van der Waals surface area contributed by atoms with Gasteiger partial charge in [0.2, 0.25) is 11.8 Å². The molecule has 0 aliphatic carbocycles. The van der Waals surface area contributed by atoms with Crippen LogP contribution in [0.3, 0.4) is 0 Å². The predicted octanol–water partition coefficient (Wildman–Crippen LogP) is 3.24. The summed E-state index contributed by atoms with van der Waals surface area (Å²) in [6.45, 7) is 0.511. The fraction of sp³-hybridized carbons (Fsp3) is 0.357. The van der Waals surface area contributed by atoms with E-state index in [4.69, 9.17) is 5.21 Å². The summed E-state index contributed by atoms with van der Waals surface area (Å²) in [5, 5.41) is 14.4. The lowest BCUT2D eigenvalue weighted by Crippen LogP contribution is -2.37. The van der Waals surface area contributed by atoms with Gasteiger partial charge < -0.3 is 15.4 Å². The van der Waals surface area contributed by atoms with Gasteiger partial charge in [0, 0.05) is 32.0 Å². The van der Waals surface area contributed by atoms with Crippen LogP contribution in [0.15, 0.2) is 60.7 Å². The van der Waals surface area contributed by atoms with Gasteiger partial charge in [-0.1, -0.05) is 67.4 Å². The predicted molar refractivity (Wildman–Crippen MR) is 139 cm³/mol. The molecule has 2 aromatic carbocycles. The topological polar surface area (TPSA) is 134 Å². The number of hydroxylamine groups is 1. The monoisotopic (exact) mass is 509 g/mol. The van der Waals surface area contributed by atoms with E-state index in [0.29, 0.717) is 31.4 Å². The smallest absolute Gasteiger partial charge is 0.305 e. The molecule has 0 aliphatic rings. The molecule has 2 rings (SSSR count). The second-order valence-electron chi connectivity index (χ2n) is 8.53. The highest BCUT2D eigenvalue weighted by atomic mass is 16.5. The zero-order valence-electron chi connectivity index (χ0n) is 21.1. The lowest BCUT2D eigenvalue weighted by molar-refractivity contribution is -0.140. The summed E-state index contributed by atoms with van der Waals surface area (Å²) in [5.41, 5.74) is 3.93. The summed E-state index contributed by atoms with van der Waals surface area (Å²) >= 11 is 0. The minimum absolute atomic E-state index is 0.136. The van der Waals surface area contributed by atoms with Gasteiger partial charge in [0.15, 0.2) is 0 Å². The van der Waals surface area contributed by atoms with Gasteiger partial charge in [-0.25, -0.2) is 5.48 Å². The Kier molecular flexibility index (Phi) is 13.2. The third-order valence-corrected chi connectivity index (χ3v) is 5.77. The third-order valence-electron chi connectivity index (χ3n) is 5.77. The summed E-state index contributed by atoms with van der Waals surface area (Å²) in [6, 6.07) is 16.6. The lowest BCUT2D eigenvalue weighted by Gasteiger charge is -2.18. The molecule has 37 heavy (non-hydrogen) atoms. The quantitative estimate of drug-likeness (QED) is 0.0958. The van der Waals surface area contributed by atoms with E-state index in [0.717, 1.165) is 30.4 Å². The molecule has 198 valence electrons. The number of rotatable bonds is 15. The largest absolute Gasteiger partial charge is 0.469 e. The van der Waals surface area contributed by atoms with E-state index in [1.807, 2.05) is 30.3 Å². The van der Waals surface area contributed by atoms with Crippen molar-refractivity contribution < 1.29 is 29.1 Å². The molecule has 0 radical (unpaired) electrons. The number of hydrogen-bond acceptors (Lipinski definition) is 6. The Morgan fingerprint density at radius 1 is 0.892 bits per heavy atom. The molecule has 0 aliphatic heterocycles. The molecule has 1 unspecified atom stereocenters. The molecule has 0 saturated carbocycles. The number of amides is 3. The zero-order chi connectivity index (χ0) is 26.9. The summed E-state index contributed by atoms with van der Waals surface area (Å²) in [4.78, 5) is 47.8. The van der Waals surface area contributed by atoms with Crippen molar-refractivity contribution in [2.45, 2.75) is 51.0 Å². The summed E-state index contributed by atoms with van der Waals surface area (Å²) in [5.74, 6) is -1.83. The van der Waals surface area contributed by atoms with E-state index in [1.54, 1.807) is 24.3 Å². The maximum atomic E-state index is 13.1. The fourth-order valence-electron chi connectivity index (χ4n) is 3.63. The molecular formula is C28H35N3O6. The van der Waals surface area contributed by atoms with Crippen molar-refractivity contribution in [2.75, 3.05) is 13.7 Å². The van der Waals surface area contributed by atoms with E-state index in [1.165, 1.54) is 24.7 Å². The first-order chi connectivity index (χ1) is 17.9. The van der Waals surface area contributed by atoms with Crippen molar-refractivity contribution in [3.8, 4) is 0 Å². The van der Waals surface area contributed by atoms with Crippen molar-refractivity contribution in [3.63, 3.8) is 0 Å². The van der Waals surface area contributed by atoms with Crippen molar-refractivity contribution >= 4 is 29.8 Å². The Labute approximate surface area is 217 Å². The van der Waals surface area contributed by atoms with Crippen LogP contribution in [0.5, 0.6) is 0 Å². The molecule has 0 fully saturated rings. The number of methoxy groups -OCH3 is 1. The van der Waals surface area contributed by atoms with Crippen LogP contribution >= 0.6 is 0 Å². The molecule has 3 amide bonds. The summed E-state index contributed by atoms with van der Waals surface area (Å²) in [7, 11) is 1.37. The standard InChI is InChI=1S/C28H35N3O6/c1-37-27(34)12-8-3-2-7-11-25(32)29-20-24(28(35)30-19-22-9-5-4-6-10-22)23-16-13-21(14-17-23)15-18-26(33)31-36/h4-6,9-10,13-18,24,36H,2-3,7-8,11-12,19-20H2,1H3,(H,29,32)(H,30,35)(H,31,33)/b18-15+. The number of carbonyl (C=O) groups excluding carboxylic acids is 4. The van der Waals surface area contributed by atoms with Gasteiger partial charge in [0.1, 0.15) is 0 Å². The highest BCUT2D eigenvalue weighted by Crippen LogP contribution is 2.18. The van der Waals surface area contributed by atoms with Crippen LogP contribution < -0.4 is 16.1 Å². The van der Waals surface area contributed by atoms with Crippen molar-refractivity contribution in [3.05, 3.63) is 77.4 Å². The van der Waals surface area contributed by atoms with Crippen LogP contribution in [0.4, 0.5) is 0 Å². The number of hydrogen-bond donors (Lipinski definition) is 4. The maximum absolute atomic E-state index is 13.1. The van der Waals surface area contributed by atoms with Gasteiger partial charge in [-0.15, -0.1) is 0 Å². The van der Waals surface area contributed by atoms with E-state index in [-0.39, 0.29) is 24.3 Å². The molecule has 2 aromatic rings. The van der Waals surface area contributed by atoms with Crippen LogP contribution in [0.2, 0.25) is 0 Å². The average Bonchev–Trinajstić information content (AvgIpc) is 2.93. The van der Waals surface area contributed by atoms with E-state index < -0.39 is 11.8 Å². The highest BCUT2D eigenvalue weighted by molar-refractivity contribution is 5.91. The normalized spacial score (nSPS) is 11.5. The van der Waals surface area contributed by atoms with Crippen LogP contribution in [0.25, 0.3) is 6.08 Å². The number of ether oxygens (including phenoxy) is 1. The molecular weight excluding hydrogens is 474 g/mol. The van der Waals surface area contributed by atoms with E-state index in [2.05, 4.69) is 15.4 Å². The first-order valence-corrected chi connectivity index (χ1v) is 12.3. The third kappa shape index (κ3) is 11.5. The second-order valence-corrected chi connectivity index (χ2v) is 8.53. The molecule has 9 nitrogen and oxygen atoms in total. The minimum Gasteiger partial charge on any atom is -0.469 e. The number of unbranched alkanes of at least 4 members (excludes halogenated alkanes) is 3. The van der Waals surface area contributed by atoms with Crippen LogP contribution in [0.1, 0.15) is 61.1 Å². The molecule has 4 N–H and O–H groups in total. The Morgan fingerprint density at radius 2 is 1.57 bits per heavy atom. The zero-order valence-corrected chi connectivity index (χ0v) is 21.1. The number of esters is 1. The molecule has 0 heterocycles. The molecule has 9 heteroatoms. The molecule has 1 atom stereocenters. The van der Waals surface area contributed by atoms with Crippen molar-refractivity contribution in [1.82, 2.24) is 16.1 Å². The lowest BCUT2D eigenvalue weighted by atomic mass is 9.96. The fourth-order valence-corrected chi connectivity index (χ4v) is 3.63. The van der Waals surface area contributed by atoms with E-state index in [9.17, 15) is 19.2 Å². The summed E-state index contributed by atoms with van der Waals surface area (Å²) in [6.07, 6.45) is 6.54. The van der Waals surface area contributed by atoms with Gasteiger partial charge in [0.25, 0.3) is 5.91 Å². The SMILES string of the molecule is COC(=O)CCCCCCC(=O)NCC(C(=O)NCc1ccccc1)c1ccc(/C=C/C(=O)NO)cc1. The van der Waals surface area contributed by atoms with Gasteiger partial charge >= 0.3 is 5.97 Å². The Morgan fingerprint density at radius 3 is 2.22 bits per heavy atom. The van der Waals surface area contributed by atoms with Gasteiger partial charge in [-0.2, -0.15) is 0 Å². The Balaban J connectivity index is 1.95. The molecule has 0 bridgehead atoms. The van der Waals surface area contributed by atoms with Crippen molar-refractivity contribution in [2.24, 2.45) is 0 Å².